The molecule has 0 aliphatic carbocycles. The molecule has 3 aromatic heterocycles. The van der Waals surface area contributed by atoms with Gasteiger partial charge in [-0.05, 0) is 31.2 Å². The van der Waals surface area contributed by atoms with Crippen LogP contribution in [-0.4, -0.2) is 9.38 Å². The standard InChI is InChI=1S/C15H15N3O2/c1-11-5-6-13(20-11)10-16-9-12-8-15(19)18-7-3-2-4-14(18)17-12/h2-8,16H,9-10H2,1H3. The third kappa shape index (κ3) is 2.62. The van der Waals surface area contributed by atoms with Gasteiger partial charge in [0.25, 0.3) is 5.56 Å². The first-order valence-electron chi connectivity index (χ1n) is 6.46. The van der Waals surface area contributed by atoms with E-state index in [1.54, 1.807) is 12.3 Å². The van der Waals surface area contributed by atoms with Crippen molar-refractivity contribution >= 4 is 5.65 Å². The van der Waals surface area contributed by atoms with Crippen molar-refractivity contribution in [3.63, 3.8) is 0 Å². The number of nitrogens with one attached hydrogen (secondary N) is 1. The summed E-state index contributed by atoms with van der Waals surface area (Å²) in [6.07, 6.45) is 1.72. The Labute approximate surface area is 115 Å². The summed E-state index contributed by atoms with van der Waals surface area (Å²) in [5.41, 5.74) is 1.32. The van der Waals surface area contributed by atoms with E-state index in [2.05, 4.69) is 10.3 Å². The number of hydrogen-bond acceptors (Lipinski definition) is 4. The van der Waals surface area contributed by atoms with Gasteiger partial charge in [-0.25, -0.2) is 4.98 Å². The van der Waals surface area contributed by atoms with Crippen molar-refractivity contribution in [3.05, 3.63) is 70.2 Å². The van der Waals surface area contributed by atoms with Gasteiger partial charge >= 0.3 is 0 Å². The fourth-order valence-electron chi connectivity index (χ4n) is 2.09. The summed E-state index contributed by atoms with van der Waals surface area (Å²) < 4.78 is 6.99. The predicted octanol–water partition coefficient (Wildman–Crippen LogP) is 1.89. The SMILES string of the molecule is Cc1ccc(CNCc2cc(=O)n3ccccc3n2)o1. The van der Waals surface area contributed by atoms with Crippen LogP contribution in [0.25, 0.3) is 5.65 Å². The molecule has 0 saturated heterocycles. The molecule has 0 amide bonds. The van der Waals surface area contributed by atoms with Gasteiger partial charge in [0.2, 0.25) is 0 Å². The number of nitrogens with zero attached hydrogens (tertiary/aromatic N) is 2. The largest absolute Gasteiger partial charge is 0.465 e. The maximum absolute atomic E-state index is 11.9. The molecule has 102 valence electrons. The zero-order valence-corrected chi connectivity index (χ0v) is 11.2. The molecule has 0 spiro atoms. The van der Waals surface area contributed by atoms with E-state index in [-0.39, 0.29) is 5.56 Å². The van der Waals surface area contributed by atoms with Crippen LogP contribution in [-0.2, 0) is 13.1 Å². The van der Waals surface area contributed by atoms with Crippen LogP contribution in [0.5, 0.6) is 0 Å². The molecule has 1 N–H and O–H groups in total. The van der Waals surface area contributed by atoms with E-state index >= 15 is 0 Å². The van der Waals surface area contributed by atoms with Crippen LogP contribution in [0.2, 0.25) is 0 Å². The van der Waals surface area contributed by atoms with Crippen molar-refractivity contribution in [2.24, 2.45) is 0 Å². The molecule has 0 aliphatic heterocycles. The number of fused-ring (bicyclic) bond motifs is 1. The minimum absolute atomic E-state index is 0.0683. The Morgan fingerprint density at radius 1 is 1.25 bits per heavy atom. The van der Waals surface area contributed by atoms with E-state index in [0.29, 0.717) is 18.7 Å². The molecule has 0 bridgehead atoms. The van der Waals surface area contributed by atoms with Gasteiger partial charge in [0.15, 0.2) is 0 Å². The Bertz CT molecular complexity index is 789. The summed E-state index contributed by atoms with van der Waals surface area (Å²) in [6, 6.07) is 10.9. The van der Waals surface area contributed by atoms with Gasteiger partial charge in [-0.15, -0.1) is 0 Å². The molecule has 0 aromatic carbocycles. The highest BCUT2D eigenvalue weighted by Crippen LogP contribution is 2.06. The fraction of sp³-hybridized carbons (Fsp3) is 0.200. The van der Waals surface area contributed by atoms with Crippen LogP contribution >= 0.6 is 0 Å². The highest BCUT2D eigenvalue weighted by molar-refractivity contribution is 5.37. The second-order valence-electron chi connectivity index (χ2n) is 4.63. The first kappa shape index (κ1) is 12.6. The number of rotatable bonds is 4. The molecular weight excluding hydrogens is 254 g/mol. The lowest BCUT2D eigenvalue weighted by atomic mass is 10.3. The number of furan rings is 1. The van der Waals surface area contributed by atoms with Crippen LogP contribution in [0, 0.1) is 6.92 Å². The molecule has 3 aromatic rings. The van der Waals surface area contributed by atoms with Crippen LogP contribution in [0.15, 0.2) is 51.8 Å². The van der Waals surface area contributed by atoms with Crippen LogP contribution < -0.4 is 10.9 Å². The minimum atomic E-state index is -0.0683. The van der Waals surface area contributed by atoms with Crippen molar-refractivity contribution in [1.82, 2.24) is 14.7 Å². The zero-order chi connectivity index (χ0) is 13.9. The summed E-state index contributed by atoms with van der Waals surface area (Å²) in [5.74, 6) is 1.77. The third-order valence-electron chi connectivity index (χ3n) is 3.03. The number of aryl methyl sites for hydroxylation is 1. The first-order chi connectivity index (χ1) is 9.72. The summed E-state index contributed by atoms with van der Waals surface area (Å²) in [4.78, 5) is 16.4. The maximum Gasteiger partial charge on any atom is 0.258 e. The minimum Gasteiger partial charge on any atom is -0.465 e. The van der Waals surface area contributed by atoms with E-state index in [9.17, 15) is 4.79 Å². The van der Waals surface area contributed by atoms with E-state index in [4.69, 9.17) is 4.42 Å². The smallest absolute Gasteiger partial charge is 0.258 e. The topological polar surface area (TPSA) is 59.5 Å². The lowest BCUT2D eigenvalue weighted by Gasteiger charge is -2.04. The quantitative estimate of drug-likeness (QED) is 0.785. The van der Waals surface area contributed by atoms with Crippen molar-refractivity contribution in [2.75, 3.05) is 0 Å². The van der Waals surface area contributed by atoms with Gasteiger partial charge in [-0.3, -0.25) is 9.20 Å². The van der Waals surface area contributed by atoms with Crippen molar-refractivity contribution < 1.29 is 4.42 Å². The molecule has 0 unspecified atom stereocenters. The Morgan fingerprint density at radius 2 is 2.15 bits per heavy atom. The second-order valence-corrected chi connectivity index (χ2v) is 4.63. The van der Waals surface area contributed by atoms with Crippen LogP contribution in [0.4, 0.5) is 0 Å². The molecule has 3 rings (SSSR count). The Kier molecular flexibility index (Phi) is 3.35. The molecule has 0 saturated carbocycles. The number of aromatic nitrogens is 2. The number of hydrogen-bond donors (Lipinski definition) is 1. The van der Waals surface area contributed by atoms with E-state index in [0.717, 1.165) is 17.2 Å². The Hall–Kier alpha value is -2.40. The lowest BCUT2D eigenvalue weighted by molar-refractivity contribution is 0.461. The van der Waals surface area contributed by atoms with Crippen LogP contribution in [0.3, 0.4) is 0 Å². The average Bonchev–Trinajstić information content (AvgIpc) is 2.85. The molecular formula is C15H15N3O2. The molecule has 0 atom stereocenters. The predicted molar refractivity (Wildman–Crippen MR) is 75.5 cm³/mol. The summed E-state index contributed by atoms with van der Waals surface area (Å²) >= 11 is 0. The fourth-order valence-corrected chi connectivity index (χ4v) is 2.09. The van der Waals surface area contributed by atoms with Crippen molar-refractivity contribution in [1.29, 1.82) is 0 Å². The van der Waals surface area contributed by atoms with E-state index in [1.807, 2.05) is 37.3 Å². The van der Waals surface area contributed by atoms with E-state index in [1.165, 1.54) is 4.40 Å². The van der Waals surface area contributed by atoms with Gasteiger partial charge in [-0.1, -0.05) is 6.07 Å². The monoisotopic (exact) mass is 269 g/mol. The van der Waals surface area contributed by atoms with Crippen molar-refractivity contribution in [3.8, 4) is 0 Å². The van der Waals surface area contributed by atoms with Gasteiger partial charge in [0.1, 0.15) is 17.2 Å². The summed E-state index contributed by atoms with van der Waals surface area (Å²) in [6.45, 7) is 3.05. The molecule has 5 heteroatoms. The first-order valence-corrected chi connectivity index (χ1v) is 6.46. The van der Waals surface area contributed by atoms with Gasteiger partial charge in [0, 0.05) is 18.8 Å². The molecule has 5 nitrogen and oxygen atoms in total. The molecule has 0 radical (unpaired) electrons. The molecule has 0 fully saturated rings. The zero-order valence-electron chi connectivity index (χ0n) is 11.2. The highest BCUT2D eigenvalue weighted by atomic mass is 16.3. The van der Waals surface area contributed by atoms with Crippen LogP contribution in [0.1, 0.15) is 17.2 Å². The molecule has 20 heavy (non-hydrogen) atoms. The van der Waals surface area contributed by atoms with E-state index < -0.39 is 0 Å². The maximum atomic E-state index is 11.9. The summed E-state index contributed by atoms with van der Waals surface area (Å²) in [7, 11) is 0. The second kappa shape index (κ2) is 5.30. The third-order valence-corrected chi connectivity index (χ3v) is 3.03. The molecule has 3 heterocycles. The highest BCUT2D eigenvalue weighted by Gasteiger charge is 2.02. The Balaban J connectivity index is 1.73. The number of pyridine rings is 1. The lowest BCUT2D eigenvalue weighted by Crippen LogP contribution is -2.19. The van der Waals surface area contributed by atoms with Gasteiger partial charge in [0.05, 0.1) is 12.2 Å². The Morgan fingerprint density at radius 3 is 2.95 bits per heavy atom. The normalized spacial score (nSPS) is 11.1. The summed E-state index contributed by atoms with van der Waals surface area (Å²) in [5, 5.41) is 3.22. The average molecular weight is 269 g/mol. The molecule has 0 aliphatic rings. The van der Waals surface area contributed by atoms with Gasteiger partial charge < -0.3 is 9.73 Å². The van der Waals surface area contributed by atoms with Gasteiger partial charge in [-0.2, -0.15) is 0 Å². The van der Waals surface area contributed by atoms with Crippen molar-refractivity contribution in [2.45, 2.75) is 20.0 Å².